The van der Waals surface area contributed by atoms with Crippen molar-refractivity contribution in [3.05, 3.63) is 42.1 Å². The van der Waals surface area contributed by atoms with Crippen LogP contribution < -0.4 is 0 Å². The Kier molecular flexibility index (Phi) is 4.65. The fourth-order valence-corrected chi connectivity index (χ4v) is 4.45. The molecular formula is C20H28N4. The zero-order valence-electron chi connectivity index (χ0n) is 14.7. The number of rotatable bonds is 4. The minimum atomic E-state index is 0.577. The largest absolute Gasteiger partial charge is 0.300 e. The van der Waals surface area contributed by atoms with E-state index in [0.717, 1.165) is 24.1 Å². The molecule has 1 saturated heterocycles. The van der Waals surface area contributed by atoms with E-state index in [1.807, 2.05) is 12.4 Å². The highest BCUT2D eigenvalue weighted by atomic mass is 15.2. The van der Waals surface area contributed by atoms with Crippen molar-refractivity contribution in [1.82, 2.24) is 19.4 Å². The Bertz CT molecular complexity index is 672. The molecule has 4 nitrogen and oxygen atoms in total. The monoisotopic (exact) mass is 324 g/mol. The first-order valence-electron chi connectivity index (χ1n) is 9.58. The summed E-state index contributed by atoms with van der Waals surface area (Å²) < 4.78 is 2.13. The lowest BCUT2D eigenvalue weighted by Crippen LogP contribution is -2.40. The molecule has 128 valence electrons. The number of imidazole rings is 1. The Balaban J connectivity index is 1.54. The SMILES string of the molecule is CCc1nccn1-c1cccc(C2CCCN(C3CCCC3)C2)n1. The Morgan fingerprint density at radius 1 is 1.12 bits per heavy atom. The molecule has 2 aromatic rings. The van der Waals surface area contributed by atoms with Crippen molar-refractivity contribution in [1.29, 1.82) is 0 Å². The van der Waals surface area contributed by atoms with E-state index in [-0.39, 0.29) is 0 Å². The third-order valence-electron chi connectivity index (χ3n) is 5.75. The van der Waals surface area contributed by atoms with E-state index in [9.17, 15) is 0 Å². The molecule has 0 spiro atoms. The average molecular weight is 324 g/mol. The van der Waals surface area contributed by atoms with E-state index in [2.05, 4.69) is 39.6 Å². The lowest BCUT2D eigenvalue weighted by atomic mass is 9.93. The molecule has 0 amide bonds. The van der Waals surface area contributed by atoms with Crippen molar-refractivity contribution in [2.45, 2.75) is 63.8 Å². The van der Waals surface area contributed by atoms with Crippen LogP contribution in [0, 0.1) is 0 Å². The fraction of sp³-hybridized carbons (Fsp3) is 0.600. The zero-order valence-corrected chi connectivity index (χ0v) is 14.7. The highest BCUT2D eigenvalue weighted by molar-refractivity contribution is 5.28. The van der Waals surface area contributed by atoms with E-state index in [4.69, 9.17) is 4.98 Å². The van der Waals surface area contributed by atoms with Crippen molar-refractivity contribution in [2.75, 3.05) is 13.1 Å². The summed E-state index contributed by atoms with van der Waals surface area (Å²) in [6.45, 7) is 4.61. The number of hydrogen-bond donors (Lipinski definition) is 0. The molecule has 2 aromatic heterocycles. The van der Waals surface area contributed by atoms with Crippen LogP contribution in [0.5, 0.6) is 0 Å². The Morgan fingerprint density at radius 2 is 2.00 bits per heavy atom. The maximum atomic E-state index is 5.00. The Hall–Kier alpha value is -1.68. The van der Waals surface area contributed by atoms with Gasteiger partial charge in [-0.1, -0.05) is 25.8 Å². The minimum Gasteiger partial charge on any atom is -0.300 e. The fourth-order valence-electron chi connectivity index (χ4n) is 4.45. The van der Waals surface area contributed by atoms with Crippen LogP contribution in [0.1, 0.15) is 62.9 Å². The summed E-state index contributed by atoms with van der Waals surface area (Å²) in [4.78, 5) is 12.2. The molecule has 0 bridgehead atoms. The van der Waals surface area contributed by atoms with E-state index in [0.29, 0.717) is 5.92 Å². The first-order valence-corrected chi connectivity index (χ1v) is 9.58. The topological polar surface area (TPSA) is 34.0 Å². The molecule has 4 heteroatoms. The quantitative estimate of drug-likeness (QED) is 0.854. The van der Waals surface area contributed by atoms with Gasteiger partial charge in [0.2, 0.25) is 0 Å². The normalized spacial score (nSPS) is 23.0. The van der Waals surface area contributed by atoms with E-state index >= 15 is 0 Å². The van der Waals surface area contributed by atoms with Crippen molar-refractivity contribution in [3.8, 4) is 5.82 Å². The molecule has 1 saturated carbocycles. The highest BCUT2D eigenvalue weighted by Gasteiger charge is 2.29. The minimum absolute atomic E-state index is 0.577. The smallest absolute Gasteiger partial charge is 0.138 e. The standard InChI is InChI=1S/C20H28N4/c1-2-19-21-12-14-24(19)20-11-5-10-18(22-20)16-7-6-13-23(15-16)17-8-3-4-9-17/h5,10-12,14,16-17H,2-4,6-9,13,15H2,1H3. The number of nitrogens with zero attached hydrogens (tertiary/aromatic N) is 4. The number of aromatic nitrogens is 3. The summed E-state index contributed by atoms with van der Waals surface area (Å²) in [7, 11) is 0. The van der Waals surface area contributed by atoms with Gasteiger partial charge in [-0.25, -0.2) is 9.97 Å². The van der Waals surface area contributed by atoms with Crippen molar-refractivity contribution in [3.63, 3.8) is 0 Å². The number of pyridine rings is 1. The number of aryl methyl sites for hydroxylation is 1. The van der Waals surface area contributed by atoms with Crippen LogP contribution >= 0.6 is 0 Å². The molecule has 24 heavy (non-hydrogen) atoms. The zero-order chi connectivity index (χ0) is 16.4. The van der Waals surface area contributed by atoms with Gasteiger partial charge in [-0.2, -0.15) is 0 Å². The molecular weight excluding hydrogens is 296 g/mol. The van der Waals surface area contributed by atoms with Gasteiger partial charge in [0.05, 0.1) is 0 Å². The van der Waals surface area contributed by atoms with Gasteiger partial charge in [0.25, 0.3) is 0 Å². The van der Waals surface area contributed by atoms with Gasteiger partial charge in [-0.05, 0) is 44.4 Å². The van der Waals surface area contributed by atoms with Gasteiger partial charge in [0, 0.05) is 43.0 Å². The summed E-state index contributed by atoms with van der Waals surface area (Å²) in [5.41, 5.74) is 1.26. The third-order valence-corrected chi connectivity index (χ3v) is 5.75. The molecule has 2 aliphatic rings. The number of hydrogen-bond acceptors (Lipinski definition) is 3. The van der Waals surface area contributed by atoms with Crippen LogP contribution in [-0.4, -0.2) is 38.6 Å². The summed E-state index contributed by atoms with van der Waals surface area (Å²) in [6.07, 6.45) is 13.0. The molecule has 1 unspecified atom stereocenters. The van der Waals surface area contributed by atoms with Gasteiger partial charge < -0.3 is 0 Å². The molecule has 0 aromatic carbocycles. The lowest BCUT2D eigenvalue weighted by Gasteiger charge is -2.36. The van der Waals surface area contributed by atoms with Crippen LogP contribution in [0.15, 0.2) is 30.6 Å². The lowest BCUT2D eigenvalue weighted by molar-refractivity contribution is 0.149. The first kappa shape index (κ1) is 15.8. The molecule has 1 aliphatic carbocycles. The molecule has 3 heterocycles. The van der Waals surface area contributed by atoms with E-state index in [1.165, 1.54) is 57.3 Å². The van der Waals surface area contributed by atoms with Gasteiger partial charge in [-0.3, -0.25) is 9.47 Å². The predicted molar refractivity (Wildman–Crippen MR) is 96.5 cm³/mol. The maximum Gasteiger partial charge on any atom is 0.138 e. The van der Waals surface area contributed by atoms with Crippen LogP contribution in [0.4, 0.5) is 0 Å². The summed E-state index contributed by atoms with van der Waals surface area (Å²) >= 11 is 0. The number of piperidine rings is 1. The summed E-state index contributed by atoms with van der Waals surface area (Å²) in [5.74, 6) is 2.67. The van der Waals surface area contributed by atoms with Gasteiger partial charge >= 0.3 is 0 Å². The van der Waals surface area contributed by atoms with Crippen LogP contribution in [-0.2, 0) is 6.42 Å². The third kappa shape index (κ3) is 3.12. The first-order chi connectivity index (χ1) is 11.8. The molecule has 1 aliphatic heterocycles. The Labute approximate surface area is 144 Å². The highest BCUT2D eigenvalue weighted by Crippen LogP contribution is 2.31. The van der Waals surface area contributed by atoms with Crippen molar-refractivity contribution < 1.29 is 0 Å². The summed E-state index contributed by atoms with van der Waals surface area (Å²) in [6, 6.07) is 7.30. The maximum absolute atomic E-state index is 5.00. The van der Waals surface area contributed by atoms with E-state index in [1.54, 1.807) is 0 Å². The van der Waals surface area contributed by atoms with Gasteiger partial charge in [0.1, 0.15) is 11.6 Å². The van der Waals surface area contributed by atoms with Gasteiger partial charge in [0.15, 0.2) is 0 Å². The van der Waals surface area contributed by atoms with Gasteiger partial charge in [-0.15, -0.1) is 0 Å². The molecule has 4 rings (SSSR count). The molecule has 0 N–H and O–H groups in total. The van der Waals surface area contributed by atoms with Crippen molar-refractivity contribution in [2.24, 2.45) is 0 Å². The van der Waals surface area contributed by atoms with Crippen LogP contribution in [0.3, 0.4) is 0 Å². The molecule has 0 radical (unpaired) electrons. The molecule has 1 atom stereocenters. The average Bonchev–Trinajstić information content (AvgIpc) is 3.33. The van der Waals surface area contributed by atoms with Crippen LogP contribution in [0.25, 0.3) is 5.82 Å². The molecule has 2 fully saturated rings. The second-order valence-corrected chi connectivity index (χ2v) is 7.26. The Morgan fingerprint density at radius 3 is 2.83 bits per heavy atom. The summed E-state index contributed by atoms with van der Waals surface area (Å²) in [5, 5.41) is 0. The number of likely N-dealkylation sites (tertiary alicyclic amines) is 1. The second kappa shape index (κ2) is 7.06. The van der Waals surface area contributed by atoms with E-state index < -0.39 is 0 Å². The predicted octanol–water partition coefficient (Wildman–Crippen LogP) is 3.95. The second-order valence-electron chi connectivity index (χ2n) is 7.26. The van der Waals surface area contributed by atoms with Crippen LogP contribution in [0.2, 0.25) is 0 Å². The van der Waals surface area contributed by atoms with Crippen molar-refractivity contribution >= 4 is 0 Å².